The van der Waals surface area contributed by atoms with Crippen molar-refractivity contribution in [2.24, 2.45) is 0 Å². The molecule has 0 spiro atoms. The molecular weight excluding hydrogens is 388 g/mol. The largest absolute Gasteiger partial charge is 0.384 e. The number of unbranched alkanes of at least 4 members (excludes halogenated alkanes) is 3. The summed E-state index contributed by atoms with van der Waals surface area (Å²) in [6, 6.07) is 0.532. The molecule has 2 amide bonds. The Morgan fingerprint density at radius 1 is 0.806 bits per heavy atom. The molecule has 0 aliphatic carbocycles. The molecular formula is C25H46N4O2. The van der Waals surface area contributed by atoms with Gasteiger partial charge in [0.25, 0.3) is 0 Å². The van der Waals surface area contributed by atoms with E-state index >= 15 is 0 Å². The number of carbonyl (C=O) groups excluding carboxylic acids is 2. The average molecular weight is 435 g/mol. The highest BCUT2D eigenvalue weighted by Gasteiger charge is 2.39. The highest BCUT2D eigenvalue weighted by molar-refractivity contribution is 5.48. The van der Waals surface area contributed by atoms with Gasteiger partial charge in [0.1, 0.15) is 0 Å². The van der Waals surface area contributed by atoms with E-state index in [2.05, 4.69) is 58.8 Å². The Bertz CT molecular complexity index is 613. The van der Waals surface area contributed by atoms with Crippen LogP contribution >= 0.6 is 0 Å². The molecule has 0 bridgehead atoms. The Morgan fingerprint density at radius 2 is 1.26 bits per heavy atom. The van der Waals surface area contributed by atoms with E-state index in [0.29, 0.717) is 6.04 Å². The zero-order valence-electron chi connectivity index (χ0n) is 20.8. The number of nitrogens with zero attached hydrogens (tertiary/aromatic N) is 2. The molecule has 2 aliphatic heterocycles. The number of amides is 2. The maximum Gasteiger partial charge on any atom is 0.209 e. The Labute approximate surface area is 190 Å². The summed E-state index contributed by atoms with van der Waals surface area (Å²) in [6.45, 7) is 18.9. The van der Waals surface area contributed by atoms with Gasteiger partial charge in [-0.1, -0.05) is 19.4 Å². The van der Waals surface area contributed by atoms with Gasteiger partial charge in [-0.25, -0.2) is 0 Å². The van der Waals surface area contributed by atoms with Crippen molar-refractivity contribution in [3.05, 3.63) is 12.3 Å². The zero-order valence-corrected chi connectivity index (χ0v) is 20.8. The fraction of sp³-hybridized carbons (Fsp3) is 0.840. The van der Waals surface area contributed by atoms with Crippen molar-refractivity contribution in [3.63, 3.8) is 0 Å². The molecule has 6 heteroatoms. The van der Waals surface area contributed by atoms with Crippen molar-refractivity contribution in [1.29, 1.82) is 0 Å². The molecule has 0 aromatic carbocycles. The van der Waals surface area contributed by atoms with Crippen molar-refractivity contribution < 1.29 is 9.59 Å². The second kappa shape index (κ2) is 10.4. The van der Waals surface area contributed by atoms with Crippen LogP contribution in [0.4, 0.5) is 0 Å². The van der Waals surface area contributed by atoms with Crippen LogP contribution in [-0.2, 0) is 9.59 Å². The summed E-state index contributed by atoms with van der Waals surface area (Å²) in [4.78, 5) is 27.4. The number of hydrogen-bond donors (Lipinski definition) is 2. The Hall–Kier alpha value is -1.56. The Kier molecular flexibility index (Phi) is 8.60. The van der Waals surface area contributed by atoms with E-state index in [1.54, 1.807) is 0 Å². The van der Waals surface area contributed by atoms with Crippen LogP contribution in [0.1, 0.15) is 92.9 Å². The first-order valence-electron chi connectivity index (χ1n) is 12.0. The molecule has 2 saturated heterocycles. The molecule has 178 valence electrons. The van der Waals surface area contributed by atoms with Crippen LogP contribution in [-0.4, -0.2) is 64.4 Å². The van der Waals surface area contributed by atoms with E-state index in [1.165, 1.54) is 0 Å². The van der Waals surface area contributed by atoms with Crippen LogP contribution < -0.4 is 10.6 Å². The van der Waals surface area contributed by atoms with Crippen LogP contribution in [0.3, 0.4) is 0 Å². The maximum absolute atomic E-state index is 11.8. The summed E-state index contributed by atoms with van der Waals surface area (Å²) in [6.07, 6.45) is 9.99. The van der Waals surface area contributed by atoms with Gasteiger partial charge in [0, 0.05) is 53.9 Å². The molecule has 31 heavy (non-hydrogen) atoms. The quantitative estimate of drug-likeness (QED) is 0.383. The summed E-state index contributed by atoms with van der Waals surface area (Å²) in [5, 5.41) is 7.12. The molecule has 2 N–H and O–H groups in total. The van der Waals surface area contributed by atoms with E-state index in [9.17, 15) is 9.59 Å². The number of nitrogens with one attached hydrogen (secondary N) is 2. The molecule has 0 radical (unpaired) electrons. The van der Waals surface area contributed by atoms with E-state index in [4.69, 9.17) is 0 Å². The Morgan fingerprint density at radius 3 is 1.71 bits per heavy atom. The van der Waals surface area contributed by atoms with Crippen molar-refractivity contribution in [2.45, 2.75) is 122 Å². The molecule has 2 rings (SSSR count). The monoisotopic (exact) mass is 434 g/mol. The first-order valence-corrected chi connectivity index (χ1v) is 12.0. The van der Waals surface area contributed by atoms with E-state index in [1.807, 2.05) is 9.80 Å². The summed E-state index contributed by atoms with van der Waals surface area (Å²) >= 11 is 0. The van der Waals surface area contributed by atoms with Crippen LogP contribution in [0, 0.1) is 0 Å². The standard InChI is InChI=1S/C25H46N4O2/c1-20-14-21(15-23(2,3)26-20)28(18-30)12-10-8-9-11-13-29(19-31)22-16-24(4,5)27-25(6,7)17-22/h18-19,21-22,26-27H,1,8-17H2,2-7H3. The summed E-state index contributed by atoms with van der Waals surface area (Å²) in [5.74, 6) is 0. The first-order chi connectivity index (χ1) is 14.4. The first kappa shape index (κ1) is 25.7. The van der Waals surface area contributed by atoms with Crippen molar-refractivity contribution in [2.75, 3.05) is 13.1 Å². The van der Waals surface area contributed by atoms with E-state index in [-0.39, 0.29) is 22.7 Å². The molecule has 0 aromatic heterocycles. The molecule has 0 aromatic rings. The lowest BCUT2D eigenvalue weighted by Crippen LogP contribution is -2.62. The summed E-state index contributed by atoms with van der Waals surface area (Å²) in [7, 11) is 0. The van der Waals surface area contributed by atoms with Gasteiger partial charge in [0.15, 0.2) is 0 Å². The van der Waals surface area contributed by atoms with Gasteiger partial charge >= 0.3 is 0 Å². The Balaban J connectivity index is 1.72. The van der Waals surface area contributed by atoms with Gasteiger partial charge in [-0.2, -0.15) is 0 Å². The molecule has 2 fully saturated rings. The topological polar surface area (TPSA) is 64.7 Å². The van der Waals surface area contributed by atoms with Crippen molar-refractivity contribution in [1.82, 2.24) is 20.4 Å². The highest BCUT2D eigenvalue weighted by atomic mass is 16.1. The minimum atomic E-state index is -0.0165. The summed E-state index contributed by atoms with van der Waals surface area (Å²) in [5.41, 5.74) is 1.09. The smallest absolute Gasteiger partial charge is 0.209 e. The van der Waals surface area contributed by atoms with E-state index < -0.39 is 0 Å². The molecule has 2 aliphatic rings. The second-order valence-corrected chi connectivity index (χ2v) is 11.7. The highest BCUT2D eigenvalue weighted by Crippen LogP contribution is 2.31. The molecule has 6 nitrogen and oxygen atoms in total. The molecule has 0 saturated carbocycles. The fourth-order valence-corrected chi connectivity index (χ4v) is 5.85. The third-order valence-electron chi connectivity index (χ3n) is 6.70. The lowest BCUT2D eigenvalue weighted by molar-refractivity contribution is -0.122. The van der Waals surface area contributed by atoms with Gasteiger partial charge in [-0.05, 0) is 73.6 Å². The number of rotatable bonds is 11. The number of piperidine rings is 2. The second-order valence-electron chi connectivity index (χ2n) is 11.7. The summed E-state index contributed by atoms with van der Waals surface area (Å²) < 4.78 is 0. The molecule has 1 unspecified atom stereocenters. The lowest BCUT2D eigenvalue weighted by atomic mass is 9.79. The van der Waals surface area contributed by atoms with Crippen LogP contribution in [0.2, 0.25) is 0 Å². The van der Waals surface area contributed by atoms with Gasteiger partial charge in [0.2, 0.25) is 12.8 Å². The maximum atomic E-state index is 11.8. The number of carbonyl (C=O) groups is 2. The SMILES string of the molecule is C=C1CC(N(C=O)CCCCCCN(C=O)C2CC(C)(C)NC(C)(C)C2)CC(C)(C)N1. The molecule has 1 atom stereocenters. The van der Waals surface area contributed by atoms with Crippen LogP contribution in [0.5, 0.6) is 0 Å². The van der Waals surface area contributed by atoms with Crippen LogP contribution in [0.15, 0.2) is 12.3 Å². The lowest BCUT2D eigenvalue weighted by Gasteiger charge is -2.49. The minimum Gasteiger partial charge on any atom is -0.384 e. The predicted octanol–water partition coefficient (Wildman–Crippen LogP) is 3.82. The predicted molar refractivity (Wildman–Crippen MR) is 128 cm³/mol. The fourth-order valence-electron chi connectivity index (χ4n) is 5.85. The third kappa shape index (κ3) is 8.13. The third-order valence-corrected chi connectivity index (χ3v) is 6.70. The molecule has 2 heterocycles. The van der Waals surface area contributed by atoms with Gasteiger partial charge in [-0.15, -0.1) is 0 Å². The van der Waals surface area contributed by atoms with E-state index in [0.717, 1.165) is 83.0 Å². The normalized spacial score (nSPS) is 24.8. The van der Waals surface area contributed by atoms with Crippen LogP contribution in [0.25, 0.3) is 0 Å². The van der Waals surface area contributed by atoms with Gasteiger partial charge < -0.3 is 20.4 Å². The van der Waals surface area contributed by atoms with Gasteiger partial charge in [0.05, 0.1) is 0 Å². The number of hydrogen-bond acceptors (Lipinski definition) is 4. The minimum absolute atomic E-state index is 0.0165. The van der Waals surface area contributed by atoms with Gasteiger partial charge in [-0.3, -0.25) is 9.59 Å². The average Bonchev–Trinajstić information content (AvgIpc) is 2.59. The zero-order chi connectivity index (χ0) is 23.3. The van der Waals surface area contributed by atoms with Crippen molar-refractivity contribution >= 4 is 12.8 Å². The van der Waals surface area contributed by atoms with Crippen molar-refractivity contribution in [3.8, 4) is 0 Å².